The molecule has 20 heavy (non-hydrogen) atoms. The topological polar surface area (TPSA) is 101 Å². The van der Waals surface area contributed by atoms with Gasteiger partial charge in [0.1, 0.15) is 0 Å². The average molecular weight is 272 g/mol. The van der Waals surface area contributed by atoms with E-state index in [1.165, 1.54) is 0 Å². The molecule has 1 atom stereocenters. The third-order valence-corrected chi connectivity index (χ3v) is 3.25. The number of hydrogen-bond donors (Lipinski definition) is 3. The molecule has 6 heteroatoms. The quantitative estimate of drug-likeness (QED) is 0.650. The molecule has 0 amide bonds. The Bertz CT molecular complexity index is 704. The number of nitrogens with two attached hydrogens (primary N) is 1. The van der Waals surface area contributed by atoms with Crippen LogP contribution in [0.2, 0.25) is 0 Å². The number of fused-ring (bicyclic) bond motifs is 1. The van der Waals surface area contributed by atoms with E-state index in [1.54, 1.807) is 0 Å². The third kappa shape index (κ3) is 2.43. The van der Waals surface area contributed by atoms with Gasteiger partial charge in [0, 0.05) is 23.5 Å². The fraction of sp³-hybridized carbons (Fsp3) is 0.286. The molecule has 0 aliphatic carbocycles. The number of hydrogen-bond acceptors (Lipinski definition) is 5. The molecule has 0 unspecified atom stereocenters. The van der Waals surface area contributed by atoms with Crippen molar-refractivity contribution in [2.45, 2.75) is 18.9 Å². The number of aliphatic hydroxyl groups excluding tert-OH is 1. The molecule has 3 aromatic rings. The molecule has 0 bridgehead atoms. The van der Waals surface area contributed by atoms with Crippen molar-refractivity contribution in [2.75, 3.05) is 6.61 Å². The Morgan fingerprint density at radius 3 is 3.05 bits per heavy atom. The van der Waals surface area contributed by atoms with E-state index in [9.17, 15) is 0 Å². The summed E-state index contributed by atoms with van der Waals surface area (Å²) >= 11 is 0. The van der Waals surface area contributed by atoms with Crippen molar-refractivity contribution in [1.82, 2.24) is 15.1 Å². The zero-order valence-electron chi connectivity index (χ0n) is 10.9. The van der Waals surface area contributed by atoms with Gasteiger partial charge in [-0.1, -0.05) is 23.4 Å². The van der Waals surface area contributed by atoms with E-state index in [4.69, 9.17) is 15.4 Å². The first-order chi connectivity index (χ1) is 9.78. The largest absolute Gasteiger partial charge is 0.396 e. The summed E-state index contributed by atoms with van der Waals surface area (Å²) in [6.45, 7) is -0.00331. The number of nitrogens with zero attached hydrogens (tertiary/aromatic N) is 2. The summed E-state index contributed by atoms with van der Waals surface area (Å²) in [5.41, 5.74) is 8.32. The molecule has 0 fully saturated rings. The maximum Gasteiger partial charge on any atom is 0.243 e. The minimum Gasteiger partial charge on any atom is -0.396 e. The van der Waals surface area contributed by atoms with Crippen LogP contribution < -0.4 is 5.73 Å². The molecular formula is C14H16N4O2. The second kappa shape index (κ2) is 5.44. The highest BCUT2D eigenvalue weighted by Crippen LogP contribution is 2.22. The molecule has 6 nitrogen and oxygen atoms in total. The SMILES string of the molecule is N[C@H](Cc1c[nH]c2ccccc12)c1nc(CCO)no1. The van der Waals surface area contributed by atoms with Crippen molar-refractivity contribution in [2.24, 2.45) is 5.73 Å². The molecule has 104 valence electrons. The van der Waals surface area contributed by atoms with Crippen LogP contribution in [0.15, 0.2) is 35.0 Å². The van der Waals surface area contributed by atoms with Crippen LogP contribution >= 0.6 is 0 Å². The number of rotatable bonds is 5. The smallest absolute Gasteiger partial charge is 0.243 e. The Hall–Kier alpha value is -2.18. The van der Waals surface area contributed by atoms with Crippen molar-refractivity contribution in [3.05, 3.63) is 47.7 Å². The van der Waals surface area contributed by atoms with Gasteiger partial charge in [-0.2, -0.15) is 4.98 Å². The van der Waals surface area contributed by atoms with Crippen molar-refractivity contribution in [3.63, 3.8) is 0 Å². The highest BCUT2D eigenvalue weighted by molar-refractivity contribution is 5.83. The maximum atomic E-state index is 8.84. The van der Waals surface area contributed by atoms with E-state index in [0.717, 1.165) is 16.5 Å². The number of aliphatic hydroxyl groups is 1. The molecule has 1 aromatic carbocycles. The van der Waals surface area contributed by atoms with Crippen molar-refractivity contribution in [3.8, 4) is 0 Å². The highest BCUT2D eigenvalue weighted by Gasteiger charge is 2.16. The number of H-pyrrole nitrogens is 1. The van der Waals surface area contributed by atoms with Gasteiger partial charge in [-0.05, 0) is 18.1 Å². The van der Waals surface area contributed by atoms with E-state index < -0.39 is 0 Å². The van der Waals surface area contributed by atoms with Gasteiger partial charge in [-0.15, -0.1) is 0 Å². The summed E-state index contributed by atoms with van der Waals surface area (Å²) < 4.78 is 5.13. The van der Waals surface area contributed by atoms with Crippen LogP contribution in [0.3, 0.4) is 0 Å². The summed E-state index contributed by atoms with van der Waals surface area (Å²) in [5, 5.41) is 13.8. The highest BCUT2D eigenvalue weighted by atomic mass is 16.5. The molecule has 0 aliphatic rings. The molecule has 0 aliphatic heterocycles. The number of benzene rings is 1. The maximum absolute atomic E-state index is 8.84. The first kappa shape index (κ1) is 12.8. The molecule has 0 spiro atoms. The summed E-state index contributed by atoms with van der Waals surface area (Å²) in [6.07, 6.45) is 2.95. The van der Waals surface area contributed by atoms with Gasteiger partial charge in [0.2, 0.25) is 5.89 Å². The minimum absolute atomic E-state index is 0.00331. The summed E-state index contributed by atoms with van der Waals surface area (Å²) in [5.74, 6) is 0.885. The lowest BCUT2D eigenvalue weighted by atomic mass is 10.1. The number of aromatic amines is 1. The van der Waals surface area contributed by atoms with Crippen molar-refractivity contribution in [1.29, 1.82) is 0 Å². The van der Waals surface area contributed by atoms with Crippen LogP contribution in [0.5, 0.6) is 0 Å². The first-order valence-corrected chi connectivity index (χ1v) is 6.52. The van der Waals surface area contributed by atoms with E-state index in [2.05, 4.69) is 21.2 Å². The average Bonchev–Trinajstić information content (AvgIpc) is 3.07. The van der Waals surface area contributed by atoms with Crippen LogP contribution in [-0.4, -0.2) is 26.8 Å². The number of aromatic nitrogens is 3. The Morgan fingerprint density at radius 2 is 2.20 bits per heavy atom. The van der Waals surface area contributed by atoms with Crippen molar-refractivity contribution < 1.29 is 9.63 Å². The van der Waals surface area contributed by atoms with Gasteiger partial charge in [0.15, 0.2) is 5.82 Å². The van der Waals surface area contributed by atoms with Gasteiger partial charge < -0.3 is 20.3 Å². The predicted molar refractivity (Wildman–Crippen MR) is 74.0 cm³/mol. The Labute approximate surface area is 115 Å². The van der Waals surface area contributed by atoms with E-state index in [-0.39, 0.29) is 12.6 Å². The van der Waals surface area contributed by atoms with Crippen LogP contribution in [-0.2, 0) is 12.8 Å². The molecule has 0 saturated carbocycles. The summed E-state index contributed by atoms with van der Waals surface area (Å²) in [4.78, 5) is 7.40. The first-order valence-electron chi connectivity index (χ1n) is 6.52. The lowest BCUT2D eigenvalue weighted by Gasteiger charge is -2.05. The lowest BCUT2D eigenvalue weighted by molar-refractivity contribution is 0.292. The molecule has 4 N–H and O–H groups in total. The Balaban J connectivity index is 1.79. The fourth-order valence-electron chi connectivity index (χ4n) is 2.24. The van der Waals surface area contributed by atoms with E-state index in [1.807, 2.05) is 24.4 Å². The standard InChI is InChI=1S/C14H16N4O2/c15-11(14-17-13(5-6-19)18-20-14)7-9-8-16-12-4-2-1-3-10(9)12/h1-4,8,11,16,19H,5-7,15H2/t11-/m1/s1. The third-order valence-electron chi connectivity index (χ3n) is 3.25. The summed E-state index contributed by atoms with van der Waals surface area (Å²) in [6, 6.07) is 7.71. The van der Waals surface area contributed by atoms with Crippen molar-refractivity contribution >= 4 is 10.9 Å². The van der Waals surface area contributed by atoms with Crippen LogP contribution in [0.25, 0.3) is 10.9 Å². The lowest BCUT2D eigenvalue weighted by Crippen LogP contribution is -2.13. The van der Waals surface area contributed by atoms with E-state index >= 15 is 0 Å². The fourth-order valence-corrected chi connectivity index (χ4v) is 2.24. The van der Waals surface area contributed by atoms with E-state index in [0.29, 0.717) is 24.6 Å². The molecule has 2 aromatic heterocycles. The molecule has 0 saturated heterocycles. The van der Waals surface area contributed by atoms with Crippen LogP contribution in [0, 0.1) is 0 Å². The zero-order chi connectivity index (χ0) is 13.9. The summed E-state index contributed by atoms with van der Waals surface area (Å²) in [7, 11) is 0. The minimum atomic E-state index is -0.353. The molecular weight excluding hydrogens is 256 g/mol. The Kier molecular flexibility index (Phi) is 3.49. The van der Waals surface area contributed by atoms with Gasteiger partial charge in [-0.3, -0.25) is 0 Å². The molecule has 3 rings (SSSR count). The van der Waals surface area contributed by atoms with Gasteiger partial charge in [0.25, 0.3) is 0 Å². The van der Waals surface area contributed by atoms with Gasteiger partial charge in [-0.25, -0.2) is 0 Å². The molecule has 2 heterocycles. The monoisotopic (exact) mass is 272 g/mol. The normalized spacial score (nSPS) is 12.9. The number of nitrogens with one attached hydrogen (secondary N) is 1. The van der Waals surface area contributed by atoms with Crippen LogP contribution in [0.4, 0.5) is 0 Å². The predicted octanol–water partition coefficient (Wildman–Crippen LogP) is 1.33. The molecule has 0 radical (unpaired) electrons. The second-order valence-electron chi connectivity index (χ2n) is 4.69. The zero-order valence-corrected chi connectivity index (χ0v) is 10.9. The van der Waals surface area contributed by atoms with Gasteiger partial charge in [0.05, 0.1) is 12.6 Å². The van der Waals surface area contributed by atoms with Gasteiger partial charge >= 0.3 is 0 Å². The Morgan fingerprint density at radius 1 is 1.35 bits per heavy atom. The second-order valence-corrected chi connectivity index (χ2v) is 4.69. The number of para-hydroxylation sites is 1. The van der Waals surface area contributed by atoms with Crippen LogP contribution in [0.1, 0.15) is 23.3 Å².